The van der Waals surface area contributed by atoms with Gasteiger partial charge in [-0.25, -0.2) is 0 Å². The first-order valence-corrected chi connectivity index (χ1v) is 4.64. The molecule has 3 atom stereocenters. The minimum Gasteiger partial charge on any atom is -0.330 e. The minimum atomic E-state index is 0.694. The molecule has 0 amide bonds. The summed E-state index contributed by atoms with van der Waals surface area (Å²) in [6.45, 7) is 10.1. The molecule has 1 heterocycles. The van der Waals surface area contributed by atoms with Gasteiger partial charge < -0.3 is 10.6 Å². The summed E-state index contributed by atoms with van der Waals surface area (Å²) in [5.74, 6) is 1.50. The van der Waals surface area contributed by atoms with E-state index in [2.05, 4.69) is 25.7 Å². The quantitative estimate of drug-likeness (QED) is 0.644. The van der Waals surface area contributed by atoms with Crippen molar-refractivity contribution in [1.29, 1.82) is 0 Å². The Balaban J connectivity index is 2.55. The summed E-state index contributed by atoms with van der Waals surface area (Å²) in [5.41, 5.74) is 5.70. The van der Waals surface area contributed by atoms with E-state index in [1.165, 1.54) is 13.1 Å². The third-order valence-corrected chi connectivity index (χ3v) is 3.13. The second-order valence-electron chi connectivity index (χ2n) is 3.71. The summed E-state index contributed by atoms with van der Waals surface area (Å²) in [6, 6.07) is 0.694. The Bertz CT molecular complexity index is 125. The number of nitrogens with zero attached hydrogens (tertiary/aromatic N) is 1. The van der Waals surface area contributed by atoms with E-state index < -0.39 is 0 Å². The van der Waals surface area contributed by atoms with E-state index in [0.29, 0.717) is 6.04 Å². The van der Waals surface area contributed by atoms with Crippen molar-refractivity contribution in [2.45, 2.75) is 26.8 Å². The maximum atomic E-state index is 5.70. The summed E-state index contributed by atoms with van der Waals surface area (Å²) < 4.78 is 0. The number of likely N-dealkylation sites (tertiary alicyclic amines) is 1. The van der Waals surface area contributed by atoms with Crippen LogP contribution in [-0.2, 0) is 0 Å². The Morgan fingerprint density at radius 2 is 2.09 bits per heavy atom. The fraction of sp³-hybridized carbons (Fsp3) is 1.00. The number of hydrogen-bond acceptors (Lipinski definition) is 2. The molecule has 0 spiro atoms. The first-order chi connectivity index (χ1) is 5.20. The van der Waals surface area contributed by atoms with Crippen LogP contribution in [-0.4, -0.2) is 30.6 Å². The van der Waals surface area contributed by atoms with Gasteiger partial charge in [0.25, 0.3) is 0 Å². The molecule has 1 fully saturated rings. The Labute approximate surface area is 69.8 Å². The third-order valence-electron chi connectivity index (χ3n) is 3.13. The van der Waals surface area contributed by atoms with Gasteiger partial charge in [0.05, 0.1) is 0 Å². The van der Waals surface area contributed by atoms with Crippen LogP contribution in [0, 0.1) is 11.8 Å². The normalized spacial score (nSPS) is 39.8. The maximum Gasteiger partial charge on any atom is 0.0110 e. The maximum absolute atomic E-state index is 5.70. The Hall–Kier alpha value is -0.0800. The van der Waals surface area contributed by atoms with Crippen molar-refractivity contribution in [3.63, 3.8) is 0 Å². The van der Waals surface area contributed by atoms with Crippen molar-refractivity contribution in [2.24, 2.45) is 17.6 Å². The Morgan fingerprint density at radius 1 is 1.45 bits per heavy atom. The molecular formula is C9H20N2. The number of rotatable bonds is 2. The van der Waals surface area contributed by atoms with Crippen LogP contribution in [0.1, 0.15) is 20.8 Å². The zero-order valence-electron chi connectivity index (χ0n) is 7.88. The Morgan fingerprint density at radius 3 is 2.36 bits per heavy atom. The zero-order valence-corrected chi connectivity index (χ0v) is 7.88. The largest absolute Gasteiger partial charge is 0.330 e. The summed E-state index contributed by atoms with van der Waals surface area (Å²) in [5, 5.41) is 0. The van der Waals surface area contributed by atoms with E-state index in [-0.39, 0.29) is 0 Å². The third kappa shape index (κ3) is 1.57. The molecule has 1 saturated heterocycles. The molecular weight excluding hydrogens is 136 g/mol. The van der Waals surface area contributed by atoms with Crippen LogP contribution in [0.3, 0.4) is 0 Å². The molecule has 2 heteroatoms. The fourth-order valence-electron chi connectivity index (χ4n) is 2.26. The molecule has 0 aromatic carbocycles. The highest BCUT2D eigenvalue weighted by atomic mass is 15.2. The molecule has 0 bridgehead atoms. The van der Waals surface area contributed by atoms with Crippen LogP contribution in [0.15, 0.2) is 0 Å². The van der Waals surface area contributed by atoms with Crippen LogP contribution >= 0.6 is 0 Å². The van der Waals surface area contributed by atoms with E-state index in [1.54, 1.807) is 0 Å². The van der Waals surface area contributed by atoms with E-state index >= 15 is 0 Å². The second-order valence-corrected chi connectivity index (χ2v) is 3.71. The van der Waals surface area contributed by atoms with Gasteiger partial charge in [-0.2, -0.15) is 0 Å². The lowest BCUT2D eigenvalue weighted by Crippen LogP contribution is -2.32. The molecule has 0 radical (unpaired) electrons. The molecule has 11 heavy (non-hydrogen) atoms. The topological polar surface area (TPSA) is 29.3 Å². The Kier molecular flexibility index (Phi) is 2.90. The first kappa shape index (κ1) is 9.01. The number of hydrogen-bond donors (Lipinski definition) is 1. The first-order valence-electron chi connectivity index (χ1n) is 4.64. The highest BCUT2D eigenvalue weighted by molar-refractivity contribution is 4.88. The van der Waals surface area contributed by atoms with E-state index in [0.717, 1.165) is 18.4 Å². The summed E-state index contributed by atoms with van der Waals surface area (Å²) in [6.07, 6.45) is 0. The van der Waals surface area contributed by atoms with Gasteiger partial charge >= 0.3 is 0 Å². The van der Waals surface area contributed by atoms with Crippen molar-refractivity contribution < 1.29 is 0 Å². The smallest absolute Gasteiger partial charge is 0.0110 e. The minimum absolute atomic E-state index is 0.694. The van der Waals surface area contributed by atoms with Crippen molar-refractivity contribution in [2.75, 3.05) is 19.6 Å². The van der Waals surface area contributed by atoms with Crippen LogP contribution < -0.4 is 5.73 Å². The van der Waals surface area contributed by atoms with Crippen LogP contribution in [0.2, 0.25) is 0 Å². The van der Waals surface area contributed by atoms with Crippen molar-refractivity contribution in [3.8, 4) is 0 Å². The molecule has 0 aliphatic carbocycles. The summed E-state index contributed by atoms with van der Waals surface area (Å²) in [4.78, 5) is 2.52. The van der Waals surface area contributed by atoms with Crippen LogP contribution in [0.25, 0.3) is 0 Å². The van der Waals surface area contributed by atoms with Gasteiger partial charge in [-0.1, -0.05) is 13.8 Å². The average molecular weight is 156 g/mol. The van der Waals surface area contributed by atoms with Gasteiger partial charge in [-0.05, 0) is 31.8 Å². The van der Waals surface area contributed by atoms with Crippen molar-refractivity contribution >= 4 is 0 Å². The van der Waals surface area contributed by atoms with Crippen LogP contribution in [0.4, 0.5) is 0 Å². The van der Waals surface area contributed by atoms with Gasteiger partial charge in [-0.15, -0.1) is 0 Å². The molecule has 0 saturated carbocycles. The molecule has 1 unspecified atom stereocenters. The molecule has 0 aromatic heterocycles. The van der Waals surface area contributed by atoms with E-state index in [9.17, 15) is 0 Å². The van der Waals surface area contributed by atoms with E-state index in [1.807, 2.05) is 0 Å². The van der Waals surface area contributed by atoms with Gasteiger partial charge in [0, 0.05) is 12.6 Å². The van der Waals surface area contributed by atoms with Gasteiger partial charge in [0.1, 0.15) is 0 Å². The zero-order chi connectivity index (χ0) is 8.43. The molecule has 1 aliphatic rings. The lowest BCUT2D eigenvalue weighted by Gasteiger charge is -2.22. The van der Waals surface area contributed by atoms with Gasteiger partial charge in [-0.3, -0.25) is 0 Å². The van der Waals surface area contributed by atoms with Gasteiger partial charge in [0.2, 0.25) is 0 Å². The molecule has 1 rings (SSSR count). The molecule has 1 aliphatic heterocycles. The highest BCUT2D eigenvalue weighted by Gasteiger charge is 2.34. The molecule has 0 aromatic rings. The monoisotopic (exact) mass is 156 g/mol. The summed E-state index contributed by atoms with van der Waals surface area (Å²) in [7, 11) is 0. The fourth-order valence-corrected chi connectivity index (χ4v) is 2.26. The molecule has 2 nitrogen and oxygen atoms in total. The lowest BCUT2D eigenvalue weighted by atomic mass is 9.93. The molecule has 2 N–H and O–H groups in total. The molecule has 66 valence electrons. The SMILES string of the molecule is CCN1C[C@H](C)[C@@H](CN)C1C. The van der Waals surface area contributed by atoms with Crippen molar-refractivity contribution in [1.82, 2.24) is 4.90 Å². The summed E-state index contributed by atoms with van der Waals surface area (Å²) >= 11 is 0. The van der Waals surface area contributed by atoms with Crippen LogP contribution in [0.5, 0.6) is 0 Å². The lowest BCUT2D eigenvalue weighted by molar-refractivity contribution is 0.256. The predicted octanol–water partition coefficient (Wildman–Crippen LogP) is 0.921. The highest BCUT2D eigenvalue weighted by Crippen LogP contribution is 2.27. The van der Waals surface area contributed by atoms with Crippen molar-refractivity contribution in [3.05, 3.63) is 0 Å². The van der Waals surface area contributed by atoms with E-state index in [4.69, 9.17) is 5.73 Å². The predicted molar refractivity (Wildman–Crippen MR) is 48.4 cm³/mol. The standard InChI is InChI=1S/C9H20N2/c1-4-11-6-7(2)9(5-10)8(11)3/h7-9H,4-6,10H2,1-3H3/t7-,8?,9+/m0/s1. The second kappa shape index (κ2) is 3.55. The average Bonchev–Trinajstić information content (AvgIpc) is 2.26. The van der Waals surface area contributed by atoms with Gasteiger partial charge in [0.15, 0.2) is 0 Å². The number of nitrogens with two attached hydrogens (primary N) is 1.